The molecule has 1 aliphatic heterocycles. The van der Waals surface area contributed by atoms with Gasteiger partial charge < -0.3 is 20.4 Å². The van der Waals surface area contributed by atoms with Crippen LogP contribution in [0, 0.1) is 6.92 Å². The molecule has 8 nitrogen and oxygen atoms in total. The van der Waals surface area contributed by atoms with Crippen molar-refractivity contribution in [3.05, 3.63) is 17.8 Å². The SMILES string of the molecule is CCN(C)C(=O)[C@@H](C)NC(=O)N[C@@H]1CCCN(c2ccc(C)nn2)C1. The third-order valence-electron chi connectivity index (χ3n) is 4.43. The fourth-order valence-corrected chi connectivity index (χ4v) is 2.84. The number of amides is 3. The Labute approximate surface area is 149 Å². The highest BCUT2D eigenvalue weighted by Crippen LogP contribution is 2.17. The molecular formula is C17H28N6O2. The Morgan fingerprint density at radius 2 is 2.16 bits per heavy atom. The number of nitrogens with zero attached hydrogens (tertiary/aromatic N) is 4. The predicted octanol–water partition coefficient (Wildman–Crippen LogP) is 0.920. The van der Waals surface area contributed by atoms with Gasteiger partial charge in [0.2, 0.25) is 5.91 Å². The van der Waals surface area contributed by atoms with Crippen molar-refractivity contribution < 1.29 is 9.59 Å². The maximum absolute atomic E-state index is 12.2. The van der Waals surface area contributed by atoms with Gasteiger partial charge in [-0.15, -0.1) is 5.10 Å². The van der Waals surface area contributed by atoms with Crippen LogP contribution in [0.3, 0.4) is 0 Å². The highest BCUT2D eigenvalue weighted by atomic mass is 16.2. The molecule has 3 amide bonds. The van der Waals surface area contributed by atoms with E-state index < -0.39 is 6.04 Å². The molecule has 2 atom stereocenters. The number of hydrogen-bond donors (Lipinski definition) is 2. The molecule has 1 aromatic heterocycles. The molecule has 0 aliphatic carbocycles. The molecule has 1 fully saturated rings. The number of aromatic nitrogens is 2. The van der Waals surface area contributed by atoms with Crippen LogP contribution in [0.15, 0.2) is 12.1 Å². The van der Waals surface area contributed by atoms with Gasteiger partial charge in [-0.25, -0.2) is 4.79 Å². The molecule has 0 spiro atoms. The normalized spacial score (nSPS) is 18.4. The largest absolute Gasteiger partial charge is 0.353 e. The lowest BCUT2D eigenvalue weighted by Crippen LogP contribution is -2.54. The molecule has 1 aromatic rings. The number of urea groups is 1. The second kappa shape index (κ2) is 8.64. The molecule has 0 aromatic carbocycles. The van der Waals surface area contributed by atoms with Crippen LogP contribution in [-0.2, 0) is 4.79 Å². The lowest BCUT2D eigenvalue weighted by atomic mass is 10.1. The fraction of sp³-hybridized carbons (Fsp3) is 0.647. The zero-order valence-electron chi connectivity index (χ0n) is 15.5. The van der Waals surface area contributed by atoms with E-state index in [0.717, 1.165) is 30.9 Å². The number of carbonyl (C=O) groups is 2. The van der Waals surface area contributed by atoms with Crippen molar-refractivity contribution in [1.82, 2.24) is 25.7 Å². The van der Waals surface area contributed by atoms with Gasteiger partial charge in [-0.05, 0) is 45.7 Å². The number of hydrogen-bond acceptors (Lipinski definition) is 5. The highest BCUT2D eigenvalue weighted by Gasteiger charge is 2.24. The average Bonchev–Trinajstić information content (AvgIpc) is 2.61. The predicted molar refractivity (Wildman–Crippen MR) is 96.4 cm³/mol. The van der Waals surface area contributed by atoms with Crippen molar-refractivity contribution in [3.63, 3.8) is 0 Å². The van der Waals surface area contributed by atoms with Crippen LogP contribution in [0.4, 0.5) is 10.6 Å². The lowest BCUT2D eigenvalue weighted by molar-refractivity contribution is -0.131. The molecule has 138 valence electrons. The van der Waals surface area contributed by atoms with Crippen molar-refractivity contribution in [2.24, 2.45) is 0 Å². The van der Waals surface area contributed by atoms with E-state index in [1.807, 2.05) is 26.0 Å². The summed E-state index contributed by atoms with van der Waals surface area (Å²) in [6.45, 7) is 7.69. The van der Waals surface area contributed by atoms with Crippen LogP contribution >= 0.6 is 0 Å². The number of carbonyl (C=O) groups excluding carboxylic acids is 2. The van der Waals surface area contributed by atoms with Crippen LogP contribution < -0.4 is 15.5 Å². The maximum atomic E-state index is 12.2. The van der Waals surface area contributed by atoms with Crippen LogP contribution in [0.1, 0.15) is 32.4 Å². The first-order valence-electron chi connectivity index (χ1n) is 8.78. The standard InChI is InChI=1S/C17H28N6O2/c1-5-22(4)16(24)13(3)18-17(25)19-14-7-6-10-23(11-14)15-9-8-12(2)20-21-15/h8-9,13-14H,5-7,10-11H2,1-4H3,(H2,18,19,25)/t13-,14-/m1/s1. The Balaban J connectivity index is 1.86. The van der Waals surface area contributed by atoms with Crippen molar-refractivity contribution in [3.8, 4) is 0 Å². The van der Waals surface area contributed by atoms with Gasteiger partial charge in [-0.3, -0.25) is 4.79 Å². The second-order valence-corrected chi connectivity index (χ2v) is 6.51. The minimum atomic E-state index is -0.549. The first-order valence-corrected chi connectivity index (χ1v) is 8.78. The van der Waals surface area contributed by atoms with Gasteiger partial charge in [-0.1, -0.05) is 0 Å². The van der Waals surface area contributed by atoms with Crippen LogP contribution in [0.25, 0.3) is 0 Å². The smallest absolute Gasteiger partial charge is 0.315 e. The summed E-state index contributed by atoms with van der Waals surface area (Å²) in [5, 5.41) is 14.0. The molecule has 1 aliphatic rings. The van der Waals surface area contributed by atoms with Crippen LogP contribution in [0.5, 0.6) is 0 Å². The molecule has 0 bridgehead atoms. The van der Waals surface area contributed by atoms with Crippen molar-refractivity contribution in [2.75, 3.05) is 31.6 Å². The quantitative estimate of drug-likeness (QED) is 0.826. The van der Waals surface area contributed by atoms with Crippen LogP contribution in [-0.4, -0.2) is 65.8 Å². The van der Waals surface area contributed by atoms with E-state index in [2.05, 4.69) is 25.7 Å². The lowest BCUT2D eigenvalue weighted by Gasteiger charge is -2.34. The number of nitrogens with one attached hydrogen (secondary N) is 2. The molecule has 0 radical (unpaired) electrons. The third-order valence-corrected chi connectivity index (χ3v) is 4.43. The van der Waals surface area contributed by atoms with E-state index in [-0.39, 0.29) is 18.0 Å². The summed E-state index contributed by atoms with van der Waals surface area (Å²) in [7, 11) is 1.72. The number of aryl methyl sites for hydroxylation is 1. The summed E-state index contributed by atoms with van der Waals surface area (Å²) in [5.41, 5.74) is 0.880. The first-order chi connectivity index (χ1) is 11.9. The number of rotatable bonds is 5. The average molecular weight is 348 g/mol. The topological polar surface area (TPSA) is 90.5 Å². The van der Waals surface area contributed by atoms with Gasteiger partial charge in [0, 0.05) is 32.7 Å². The Morgan fingerprint density at radius 3 is 2.80 bits per heavy atom. The number of anilines is 1. The van der Waals surface area contributed by atoms with Crippen molar-refractivity contribution in [2.45, 2.75) is 45.7 Å². The van der Waals surface area contributed by atoms with Gasteiger partial charge in [0.05, 0.1) is 5.69 Å². The fourth-order valence-electron chi connectivity index (χ4n) is 2.84. The summed E-state index contributed by atoms with van der Waals surface area (Å²) in [4.78, 5) is 27.9. The van der Waals surface area contributed by atoms with E-state index in [4.69, 9.17) is 0 Å². The van der Waals surface area contributed by atoms with Gasteiger partial charge in [0.25, 0.3) is 0 Å². The maximum Gasteiger partial charge on any atom is 0.315 e. The minimum Gasteiger partial charge on any atom is -0.353 e. The Hall–Kier alpha value is -2.38. The zero-order valence-corrected chi connectivity index (χ0v) is 15.5. The third kappa shape index (κ3) is 5.30. The Morgan fingerprint density at radius 1 is 1.40 bits per heavy atom. The summed E-state index contributed by atoms with van der Waals surface area (Å²) >= 11 is 0. The molecule has 0 saturated carbocycles. The minimum absolute atomic E-state index is 0.0167. The van der Waals surface area contributed by atoms with E-state index in [1.54, 1.807) is 18.9 Å². The van der Waals surface area contributed by atoms with E-state index >= 15 is 0 Å². The summed E-state index contributed by atoms with van der Waals surface area (Å²) in [6, 6.07) is 3.04. The van der Waals surface area contributed by atoms with Gasteiger partial charge in [-0.2, -0.15) is 5.10 Å². The van der Waals surface area contributed by atoms with E-state index in [9.17, 15) is 9.59 Å². The molecule has 1 saturated heterocycles. The van der Waals surface area contributed by atoms with Gasteiger partial charge in [0.1, 0.15) is 6.04 Å². The van der Waals surface area contributed by atoms with E-state index in [0.29, 0.717) is 13.1 Å². The molecule has 8 heteroatoms. The Bertz CT molecular complexity index is 591. The molecule has 2 N–H and O–H groups in total. The van der Waals surface area contributed by atoms with E-state index in [1.165, 1.54) is 0 Å². The number of likely N-dealkylation sites (N-methyl/N-ethyl adjacent to an activating group) is 1. The summed E-state index contributed by atoms with van der Waals surface area (Å²) < 4.78 is 0. The molecule has 2 rings (SSSR count). The molecule has 0 unspecified atom stereocenters. The second-order valence-electron chi connectivity index (χ2n) is 6.51. The molecular weight excluding hydrogens is 320 g/mol. The van der Waals surface area contributed by atoms with Crippen molar-refractivity contribution in [1.29, 1.82) is 0 Å². The number of piperidine rings is 1. The summed E-state index contributed by atoms with van der Waals surface area (Å²) in [6.07, 6.45) is 1.87. The van der Waals surface area contributed by atoms with Crippen LogP contribution in [0.2, 0.25) is 0 Å². The first kappa shape index (κ1) is 19.0. The van der Waals surface area contributed by atoms with Crippen molar-refractivity contribution >= 4 is 17.8 Å². The molecule has 25 heavy (non-hydrogen) atoms. The zero-order chi connectivity index (χ0) is 18.4. The highest BCUT2D eigenvalue weighted by molar-refractivity contribution is 5.86. The monoisotopic (exact) mass is 348 g/mol. The molecule has 2 heterocycles. The van der Waals surface area contributed by atoms with Gasteiger partial charge in [0.15, 0.2) is 5.82 Å². The van der Waals surface area contributed by atoms with Gasteiger partial charge >= 0.3 is 6.03 Å². The summed E-state index contributed by atoms with van der Waals surface area (Å²) in [5.74, 6) is 0.725. The Kier molecular flexibility index (Phi) is 6.55.